The van der Waals surface area contributed by atoms with Gasteiger partial charge in [-0.2, -0.15) is 0 Å². The molecule has 0 amide bonds. The molecule has 0 radical (unpaired) electrons. The van der Waals surface area contributed by atoms with Crippen LogP contribution in [0.5, 0.6) is 0 Å². The zero-order valence-corrected chi connectivity index (χ0v) is 16.4. The lowest BCUT2D eigenvalue weighted by Crippen LogP contribution is -2.43. The first-order valence-corrected chi connectivity index (χ1v) is 10.8. The molecule has 0 aromatic heterocycles. The standard InChI is InChI=1S/C21H26N2O3S/c1-17(24)19-9-11-21(12-10-19)27(25,26)22-16-20(23-13-5-6-14-23)15-18-7-3-2-4-8-18/h2-4,7-12,20,22H,5-6,13-16H2,1H3. The first kappa shape index (κ1) is 19.7. The first-order chi connectivity index (χ1) is 13.0. The summed E-state index contributed by atoms with van der Waals surface area (Å²) in [7, 11) is -3.61. The fraction of sp³-hybridized carbons (Fsp3) is 0.381. The molecule has 1 aliphatic rings. The van der Waals surface area contributed by atoms with Crippen molar-refractivity contribution in [2.75, 3.05) is 19.6 Å². The van der Waals surface area contributed by atoms with E-state index in [1.807, 2.05) is 18.2 Å². The number of Topliss-reactive ketones (excluding diaryl/α,β-unsaturated/α-hetero) is 1. The summed E-state index contributed by atoms with van der Waals surface area (Å²) < 4.78 is 28.1. The number of sulfonamides is 1. The van der Waals surface area contributed by atoms with Crippen LogP contribution in [0, 0.1) is 0 Å². The van der Waals surface area contributed by atoms with Crippen molar-refractivity contribution < 1.29 is 13.2 Å². The minimum Gasteiger partial charge on any atom is -0.299 e. The van der Waals surface area contributed by atoms with E-state index in [0.717, 1.165) is 32.4 Å². The topological polar surface area (TPSA) is 66.5 Å². The lowest BCUT2D eigenvalue weighted by atomic mass is 10.1. The highest BCUT2D eigenvalue weighted by molar-refractivity contribution is 7.89. The fourth-order valence-corrected chi connectivity index (χ4v) is 4.55. The molecule has 1 atom stereocenters. The van der Waals surface area contributed by atoms with Crippen LogP contribution in [-0.2, 0) is 16.4 Å². The minimum absolute atomic E-state index is 0.0798. The number of nitrogens with one attached hydrogen (secondary N) is 1. The molecule has 3 rings (SSSR count). The number of benzene rings is 2. The van der Waals surface area contributed by atoms with Crippen molar-refractivity contribution in [1.82, 2.24) is 9.62 Å². The maximum absolute atomic E-state index is 12.7. The molecule has 1 heterocycles. The van der Waals surface area contributed by atoms with Crippen LogP contribution >= 0.6 is 0 Å². The van der Waals surface area contributed by atoms with Crippen molar-refractivity contribution >= 4 is 15.8 Å². The average molecular weight is 387 g/mol. The summed E-state index contributed by atoms with van der Waals surface area (Å²) in [5.74, 6) is -0.0798. The van der Waals surface area contributed by atoms with Gasteiger partial charge in [0, 0.05) is 18.2 Å². The second kappa shape index (κ2) is 8.78. The number of hydrogen-bond acceptors (Lipinski definition) is 4. The summed E-state index contributed by atoms with van der Waals surface area (Å²) in [6.45, 7) is 3.84. The highest BCUT2D eigenvalue weighted by atomic mass is 32.2. The van der Waals surface area contributed by atoms with Crippen LogP contribution in [-0.4, -0.2) is 44.8 Å². The Balaban J connectivity index is 1.70. The Labute approximate surface area is 161 Å². The van der Waals surface area contributed by atoms with Crippen LogP contribution in [0.3, 0.4) is 0 Å². The molecule has 0 bridgehead atoms. The van der Waals surface area contributed by atoms with Crippen LogP contribution in [0.15, 0.2) is 59.5 Å². The zero-order chi connectivity index (χ0) is 19.3. The highest BCUT2D eigenvalue weighted by Gasteiger charge is 2.24. The van der Waals surface area contributed by atoms with E-state index < -0.39 is 10.0 Å². The van der Waals surface area contributed by atoms with Gasteiger partial charge in [-0.3, -0.25) is 9.69 Å². The van der Waals surface area contributed by atoms with Crippen LogP contribution in [0.4, 0.5) is 0 Å². The van der Waals surface area contributed by atoms with E-state index in [2.05, 4.69) is 21.8 Å². The van der Waals surface area contributed by atoms with Crippen molar-refractivity contribution in [2.45, 2.75) is 37.1 Å². The molecule has 0 spiro atoms. The number of carbonyl (C=O) groups is 1. The van der Waals surface area contributed by atoms with Crippen LogP contribution in [0.1, 0.15) is 35.7 Å². The van der Waals surface area contributed by atoms with E-state index >= 15 is 0 Å². The molecule has 2 aromatic rings. The molecular formula is C21H26N2O3S. The number of carbonyl (C=O) groups excluding carboxylic acids is 1. The molecule has 0 saturated carbocycles. The molecule has 2 aromatic carbocycles. The number of ketones is 1. The SMILES string of the molecule is CC(=O)c1ccc(S(=O)(=O)NCC(Cc2ccccc2)N2CCCC2)cc1. The smallest absolute Gasteiger partial charge is 0.240 e. The lowest BCUT2D eigenvalue weighted by molar-refractivity contribution is 0.101. The van der Waals surface area contributed by atoms with Gasteiger partial charge >= 0.3 is 0 Å². The second-order valence-electron chi connectivity index (χ2n) is 7.02. The number of hydrogen-bond donors (Lipinski definition) is 1. The molecule has 1 aliphatic heterocycles. The summed E-state index contributed by atoms with van der Waals surface area (Å²) in [6.07, 6.45) is 3.13. The van der Waals surface area contributed by atoms with Crippen molar-refractivity contribution in [1.29, 1.82) is 0 Å². The van der Waals surface area contributed by atoms with E-state index in [-0.39, 0.29) is 16.7 Å². The van der Waals surface area contributed by atoms with Gasteiger partial charge in [-0.15, -0.1) is 0 Å². The van der Waals surface area contributed by atoms with E-state index in [1.54, 1.807) is 12.1 Å². The molecule has 1 N–H and O–H groups in total. The van der Waals surface area contributed by atoms with Crippen molar-refractivity contribution in [2.24, 2.45) is 0 Å². The Hall–Kier alpha value is -2.02. The average Bonchev–Trinajstić information content (AvgIpc) is 3.20. The van der Waals surface area contributed by atoms with Gasteiger partial charge in [0.15, 0.2) is 5.78 Å². The molecule has 5 nitrogen and oxygen atoms in total. The van der Waals surface area contributed by atoms with Gasteiger partial charge in [0.05, 0.1) is 4.90 Å². The Kier molecular flexibility index (Phi) is 6.42. The maximum atomic E-state index is 12.7. The second-order valence-corrected chi connectivity index (χ2v) is 8.79. The van der Waals surface area contributed by atoms with E-state index in [4.69, 9.17) is 0 Å². The summed E-state index contributed by atoms with van der Waals surface area (Å²) in [5.41, 5.74) is 1.72. The maximum Gasteiger partial charge on any atom is 0.240 e. The largest absolute Gasteiger partial charge is 0.299 e. The Bertz CT molecular complexity index is 858. The summed E-state index contributed by atoms with van der Waals surface area (Å²) in [4.78, 5) is 13.9. The third-order valence-corrected chi connectivity index (χ3v) is 6.49. The normalized spacial score (nSPS) is 16.3. The monoisotopic (exact) mass is 386 g/mol. The highest BCUT2D eigenvalue weighted by Crippen LogP contribution is 2.17. The molecule has 6 heteroatoms. The fourth-order valence-electron chi connectivity index (χ4n) is 3.48. The number of nitrogens with zero attached hydrogens (tertiary/aromatic N) is 1. The number of rotatable bonds is 8. The minimum atomic E-state index is -3.61. The molecule has 27 heavy (non-hydrogen) atoms. The van der Waals surface area contributed by atoms with E-state index in [0.29, 0.717) is 12.1 Å². The third kappa shape index (κ3) is 5.25. The predicted octanol–water partition coefficient (Wildman–Crippen LogP) is 2.87. The zero-order valence-electron chi connectivity index (χ0n) is 15.6. The predicted molar refractivity (Wildman–Crippen MR) is 106 cm³/mol. The van der Waals surface area contributed by atoms with E-state index in [1.165, 1.54) is 24.6 Å². The quantitative estimate of drug-likeness (QED) is 0.709. The van der Waals surface area contributed by atoms with Gasteiger partial charge in [0.1, 0.15) is 0 Å². The third-order valence-electron chi connectivity index (χ3n) is 5.05. The summed E-state index contributed by atoms with van der Waals surface area (Å²) in [5, 5.41) is 0. The molecule has 1 fully saturated rings. The summed E-state index contributed by atoms with van der Waals surface area (Å²) in [6, 6.07) is 16.4. The summed E-state index contributed by atoms with van der Waals surface area (Å²) >= 11 is 0. The molecule has 144 valence electrons. The molecule has 1 saturated heterocycles. The van der Waals surface area contributed by atoms with Crippen molar-refractivity contribution in [3.63, 3.8) is 0 Å². The van der Waals surface area contributed by atoms with Crippen LogP contribution < -0.4 is 4.72 Å². The lowest BCUT2D eigenvalue weighted by Gasteiger charge is -2.28. The Morgan fingerprint density at radius 3 is 2.26 bits per heavy atom. The van der Waals surface area contributed by atoms with Crippen LogP contribution in [0.25, 0.3) is 0 Å². The van der Waals surface area contributed by atoms with Crippen molar-refractivity contribution in [3.8, 4) is 0 Å². The van der Waals surface area contributed by atoms with Crippen molar-refractivity contribution in [3.05, 3.63) is 65.7 Å². The Morgan fingerprint density at radius 1 is 1.04 bits per heavy atom. The number of likely N-dealkylation sites (tertiary alicyclic amines) is 1. The van der Waals surface area contributed by atoms with Gasteiger partial charge in [0.2, 0.25) is 10.0 Å². The van der Waals surface area contributed by atoms with Gasteiger partial charge < -0.3 is 0 Å². The molecule has 1 unspecified atom stereocenters. The first-order valence-electron chi connectivity index (χ1n) is 9.34. The van der Waals surface area contributed by atoms with Gasteiger partial charge in [-0.1, -0.05) is 42.5 Å². The molecular weight excluding hydrogens is 360 g/mol. The van der Waals surface area contributed by atoms with Crippen LogP contribution in [0.2, 0.25) is 0 Å². The van der Waals surface area contributed by atoms with Gasteiger partial charge in [-0.05, 0) is 57.0 Å². The van der Waals surface area contributed by atoms with Gasteiger partial charge in [0.25, 0.3) is 0 Å². The Morgan fingerprint density at radius 2 is 1.67 bits per heavy atom. The molecule has 0 aliphatic carbocycles. The van der Waals surface area contributed by atoms with Gasteiger partial charge in [-0.25, -0.2) is 13.1 Å². The van der Waals surface area contributed by atoms with E-state index in [9.17, 15) is 13.2 Å².